The first kappa shape index (κ1) is 13.0. The molecule has 4 aromatic rings. The molecular formula is C17H11N5O2. The highest BCUT2D eigenvalue weighted by molar-refractivity contribution is 5.89. The Hall–Kier alpha value is -3.48. The van der Waals surface area contributed by atoms with Crippen molar-refractivity contribution in [3.8, 4) is 34.0 Å². The highest BCUT2D eigenvalue weighted by atomic mass is 16.7. The number of hydrogen-bond donors (Lipinski definition) is 1. The number of ether oxygens (including phenoxy) is 2. The molecule has 0 unspecified atom stereocenters. The summed E-state index contributed by atoms with van der Waals surface area (Å²) in [6.45, 7) is 0.244. The Morgan fingerprint density at radius 2 is 1.96 bits per heavy atom. The van der Waals surface area contributed by atoms with Crippen LogP contribution in [0.15, 0.2) is 48.9 Å². The molecule has 1 aromatic carbocycles. The van der Waals surface area contributed by atoms with E-state index in [0.717, 1.165) is 28.3 Å². The summed E-state index contributed by atoms with van der Waals surface area (Å²) in [5, 5.41) is 7.25. The molecule has 0 radical (unpaired) electrons. The van der Waals surface area contributed by atoms with E-state index in [2.05, 4.69) is 20.2 Å². The predicted octanol–water partition coefficient (Wildman–Crippen LogP) is 2.81. The largest absolute Gasteiger partial charge is 0.454 e. The second kappa shape index (κ2) is 5.02. The van der Waals surface area contributed by atoms with Crippen LogP contribution in [0.2, 0.25) is 0 Å². The van der Waals surface area contributed by atoms with Gasteiger partial charge in [0.2, 0.25) is 6.79 Å². The van der Waals surface area contributed by atoms with Crippen molar-refractivity contribution >= 4 is 11.2 Å². The fraction of sp³-hybridized carbons (Fsp3) is 0.0588. The predicted molar refractivity (Wildman–Crippen MR) is 86.5 cm³/mol. The third-order valence-electron chi connectivity index (χ3n) is 3.88. The summed E-state index contributed by atoms with van der Waals surface area (Å²) in [4.78, 5) is 13.2. The lowest BCUT2D eigenvalue weighted by Gasteiger charge is -2.02. The Morgan fingerprint density at radius 1 is 1.00 bits per heavy atom. The Balaban J connectivity index is 1.66. The molecule has 0 saturated heterocycles. The molecule has 0 spiro atoms. The minimum absolute atomic E-state index is 0.244. The Labute approximate surface area is 136 Å². The van der Waals surface area contributed by atoms with E-state index in [1.165, 1.54) is 0 Å². The lowest BCUT2D eigenvalue weighted by molar-refractivity contribution is 0.174. The van der Waals surface area contributed by atoms with Crippen molar-refractivity contribution < 1.29 is 9.47 Å². The van der Waals surface area contributed by atoms with Gasteiger partial charge in [0.15, 0.2) is 17.1 Å². The molecular weight excluding hydrogens is 306 g/mol. The molecule has 0 amide bonds. The Kier molecular flexibility index (Phi) is 2.72. The zero-order valence-corrected chi connectivity index (χ0v) is 12.4. The molecule has 1 aliphatic rings. The molecule has 0 bridgehead atoms. The fourth-order valence-electron chi connectivity index (χ4n) is 2.70. The number of aromatic nitrogens is 5. The van der Waals surface area contributed by atoms with E-state index in [-0.39, 0.29) is 6.79 Å². The van der Waals surface area contributed by atoms with Gasteiger partial charge in [0.25, 0.3) is 0 Å². The second-order valence-corrected chi connectivity index (χ2v) is 5.34. The van der Waals surface area contributed by atoms with Crippen LogP contribution in [-0.2, 0) is 0 Å². The quantitative estimate of drug-likeness (QED) is 0.612. The summed E-state index contributed by atoms with van der Waals surface area (Å²) in [7, 11) is 0. The Bertz CT molecular complexity index is 1050. The van der Waals surface area contributed by atoms with Crippen molar-refractivity contribution in [2.75, 3.05) is 6.79 Å². The highest BCUT2D eigenvalue weighted by Gasteiger charge is 2.17. The molecule has 0 aliphatic carbocycles. The van der Waals surface area contributed by atoms with Gasteiger partial charge in [0.1, 0.15) is 5.52 Å². The summed E-state index contributed by atoms with van der Waals surface area (Å²) >= 11 is 0. The molecule has 4 heterocycles. The fourth-order valence-corrected chi connectivity index (χ4v) is 2.70. The summed E-state index contributed by atoms with van der Waals surface area (Å²) in [6.07, 6.45) is 5.19. The van der Waals surface area contributed by atoms with Crippen molar-refractivity contribution in [3.05, 3.63) is 48.9 Å². The van der Waals surface area contributed by atoms with Crippen molar-refractivity contribution in [1.29, 1.82) is 0 Å². The first-order chi connectivity index (χ1) is 11.9. The number of benzene rings is 1. The zero-order valence-electron chi connectivity index (χ0n) is 12.4. The molecule has 1 aliphatic heterocycles. The van der Waals surface area contributed by atoms with Gasteiger partial charge in [-0.05, 0) is 30.3 Å². The number of nitrogens with zero attached hydrogens (tertiary/aromatic N) is 4. The maximum Gasteiger partial charge on any atom is 0.231 e. The first-order valence-corrected chi connectivity index (χ1v) is 7.40. The van der Waals surface area contributed by atoms with E-state index >= 15 is 0 Å². The maximum absolute atomic E-state index is 5.44. The number of H-pyrrole nitrogens is 1. The van der Waals surface area contributed by atoms with Crippen LogP contribution in [0.4, 0.5) is 0 Å². The second-order valence-electron chi connectivity index (χ2n) is 5.34. The highest BCUT2D eigenvalue weighted by Crippen LogP contribution is 2.36. The number of nitrogens with one attached hydrogen (secondary N) is 1. The normalized spacial score (nSPS) is 12.7. The van der Waals surface area contributed by atoms with Gasteiger partial charge < -0.3 is 9.47 Å². The average molecular weight is 317 g/mol. The minimum atomic E-state index is 0.244. The molecule has 3 aromatic heterocycles. The van der Waals surface area contributed by atoms with Crippen LogP contribution in [0.5, 0.6) is 11.5 Å². The molecule has 116 valence electrons. The summed E-state index contributed by atoms with van der Waals surface area (Å²) in [5.74, 6) is 1.45. The van der Waals surface area contributed by atoms with E-state index in [9.17, 15) is 0 Å². The lowest BCUT2D eigenvalue weighted by Crippen LogP contribution is -1.92. The number of rotatable bonds is 2. The standard InChI is InChI=1S/C17H11N5O2/c1-2-11(7-18-5-1)12-8-19-17-16(20-12)15(21-22-17)10-3-4-13-14(6-10)24-9-23-13/h1-8H,9H2,(H,19,21,22). The Morgan fingerprint density at radius 3 is 2.88 bits per heavy atom. The van der Waals surface area contributed by atoms with Crippen molar-refractivity contribution in [1.82, 2.24) is 25.1 Å². The average Bonchev–Trinajstić information content (AvgIpc) is 3.27. The molecule has 7 nitrogen and oxygen atoms in total. The van der Waals surface area contributed by atoms with E-state index in [0.29, 0.717) is 16.9 Å². The van der Waals surface area contributed by atoms with Crippen molar-refractivity contribution in [2.45, 2.75) is 0 Å². The number of fused-ring (bicyclic) bond motifs is 2. The van der Waals surface area contributed by atoms with Gasteiger partial charge in [-0.15, -0.1) is 0 Å². The number of pyridine rings is 1. The molecule has 0 atom stereocenters. The van der Waals surface area contributed by atoms with Crippen LogP contribution in [0.25, 0.3) is 33.7 Å². The van der Waals surface area contributed by atoms with E-state index in [1.807, 2.05) is 30.3 Å². The van der Waals surface area contributed by atoms with Gasteiger partial charge in [-0.3, -0.25) is 10.1 Å². The molecule has 0 fully saturated rings. The topological polar surface area (TPSA) is 85.8 Å². The summed E-state index contributed by atoms with van der Waals surface area (Å²) < 4.78 is 10.8. The lowest BCUT2D eigenvalue weighted by atomic mass is 10.1. The van der Waals surface area contributed by atoms with Gasteiger partial charge >= 0.3 is 0 Å². The number of aromatic amines is 1. The van der Waals surface area contributed by atoms with Gasteiger partial charge in [-0.2, -0.15) is 5.10 Å². The van der Waals surface area contributed by atoms with Gasteiger partial charge in [0, 0.05) is 23.5 Å². The number of hydrogen-bond acceptors (Lipinski definition) is 6. The smallest absolute Gasteiger partial charge is 0.231 e. The summed E-state index contributed by atoms with van der Waals surface area (Å²) in [5.41, 5.74) is 4.63. The monoisotopic (exact) mass is 317 g/mol. The van der Waals surface area contributed by atoms with Crippen LogP contribution < -0.4 is 9.47 Å². The van der Waals surface area contributed by atoms with Gasteiger partial charge in [-0.1, -0.05) is 0 Å². The third kappa shape index (κ3) is 1.98. The third-order valence-corrected chi connectivity index (χ3v) is 3.88. The van der Waals surface area contributed by atoms with Gasteiger partial charge in [0.05, 0.1) is 17.6 Å². The van der Waals surface area contributed by atoms with Crippen LogP contribution in [-0.4, -0.2) is 31.9 Å². The van der Waals surface area contributed by atoms with E-state index in [4.69, 9.17) is 14.5 Å². The zero-order chi connectivity index (χ0) is 15.9. The van der Waals surface area contributed by atoms with Gasteiger partial charge in [-0.25, -0.2) is 9.97 Å². The first-order valence-electron chi connectivity index (χ1n) is 7.40. The van der Waals surface area contributed by atoms with E-state index in [1.54, 1.807) is 18.6 Å². The minimum Gasteiger partial charge on any atom is -0.454 e. The molecule has 0 saturated carbocycles. The maximum atomic E-state index is 5.44. The summed E-state index contributed by atoms with van der Waals surface area (Å²) in [6, 6.07) is 9.55. The van der Waals surface area contributed by atoms with Crippen LogP contribution in [0.1, 0.15) is 0 Å². The van der Waals surface area contributed by atoms with Crippen LogP contribution in [0.3, 0.4) is 0 Å². The van der Waals surface area contributed by atoms with Crippen LogP contribution >= 0.6 is 0 Å². The molecule has 24 heavy (non-hydrogen) atoms. The molecule has 5 rings (SSSR count). The van der Waals surface area contributed by atoms with E-state index < -0.39 is 0 Å². The van der Waals surface area contributed by atoms with Crippen molar-refractivity contribution in [3.63, 3.8) is 0 Å². The van der Waals surface area contributed by atoms with Crippen molar-refractivity contribution in [2.24, 2.45) is 0 Å². The molecule has 1 N–H and O–H groups in total. The van der Waals surface area contributed by atoms with Crippen LogP contribution in [0, 0.1) is 0 Å². The molecule has 7 heteroatoms. The SMILES string of the molecule is c1cncc(-c2cnc3n[nH]c(-c4ccc5c(c4)OCO5)c3n2)c1.